The molecule has 1 aliphatic rings. The zero-order valence-electron chi connectivity index (χ0n) is 15.1. The van der Waals surface area contributed by atoms with Crippen LogP contribution in [0.25, 0.3) is 31.9 Å². The maximum Gasteiger partial charge on any atom is 0.133 e. The third-order valence-corrected chi connectivity index (χ3v) is 6.92. The smallest absolute Gasteiger partial charge is 0.133 e. The van der Waals surface area contributed by atoms with Crippen LogP contribution >= 0.6 is 27.3 Å². The molecule has 1 fully saturated rings. The fourth-order valence-corrected chi connectivity index (χ4v) is 5.37. The maximum absolute atomic E-state index is 6.23. The normalized spacial score (nSPS) is 15.3. The van der Waals surface area contributed by atoms with Gasteiger partial charge >= 0.3 is 0 Å². The van der Waals surface area contributed by atoms with Crippen LogP contribution in [0.2, 0.25) is 0 Å². The van der Waals surface area contributed by atoms with Gasteiger partial charge in [-0.3, -0.25) is 5.10 Å². The molecule has 8 heteroatoms. The molecular weight excluding hydrogens is 436 g/mol. The number of fused-ring (bicyclic) bond motifs is 1. The Balaban J connectivity index is 1.58. The van der Waals surface area contributed by atoms with E-state index in [0.29, 0.717) is 11.7 Å². The van der Waals surface area contributed by atoms with E-state index in [4.69, 9.17) is 10.7 Å². The predicted octanol–water partition coefficient (Wildman–Crippen LogP) is 4.56. The number of hydrogen-bond donors (Lipinski definition) is 3. The molecular formula is C20H19BrN6S. The molecule has 142 valence electrons. The second-order valence-electron chi connectivity index (χ2n) is 6.97. The number of nitrogens with one attached hydrogen (secondary N) is 2. The first kappa shape index (κ1) is 17.8. The minimum atomic E-state index is 0.460. The first-order chi connectivity index (χ1) is 13.7. The summed E-state index contributed by atoms with van der Waals surface area (Å²) < 4.78 is 2.10. The van der Waals surface area contributed by atoms with E-state index in [1.165, 1.54) is 0 Å². The van der Waals surface area contributed by atoms with Gasteiger partial charge in [0.25, 0.3) is 0 Å². The van der Waals surface area contributed by atoms with Gasteiger partial charge in [0.2, 0.25) is 0 Å². The largest absolute Gasteiger partial charge is 0.383 e. The summed E-state index contributed by atoms with van der Waals surface area (Å²) in [6.07, 6.45) is 5.98. The Morgan fingerprint density at radius 1 is 1.18 bits per heavy atom. The summed E-state index contributed by atoms with van der Waals surface area (Å²) in [6.45, 7) is 2.06. The average molecular weight is 455 g/mol. The highest BCUT2D eigenvalue weighted by molar-refractivity contribution is 9.10. The molecule has 0 radical (unpaired) electrons. The number of piperidine rings is 1. The maximum atomic E-state index is 6.23. The number of nitrogen functional groups attached to an aromatic ring is 1. The van der Waals surface area contributed by atoms with E-state index in [9.17, 15) is 0 Å². The topological polar surface area (TPSA) is 92.5 Å². The molecule has 1 aromatic carbocycles. The Labute approximate surface area is 174 Å². The van der Waals surface area contributed by atoms with E-state index < -0.39 is 0 Å². The van der Waals surface area contributed by atoms with Crippen molar-refractivity contribution in [3.05, 3.63) is 46.8 Å². The van der Waals surface area contributed by atoms with Crippen molar-refractivity contribution >= 4 is 43.3 Å². The lowest BCUT2D eigenvalue weighted by Crippen LogP contribution is -2.27. The van der Waals surface area contributed by atoms with Crippen molar-refractivity contribution < 1.29 is 0 Å². The Kier molecular flexibility index (Phi) is 4.62. The lowest BCUT2D eigenvalue weighted by atomic mass is 9.90. The van der Waals surface area contributed by atoms with E-state index in [2.05, 4.69) is 48.6 Å². The van der Waals surface area contributed by atoms with Gasteiger partial charge in [-0.1, -0.05) is 6.07 Å². The molecule has 4 heterocycles. The third kappa shape index (κ3) is 3.11. The van der Waals surface area contributed by atoms with Gasteiger partial charge < -0.3 is 11.1 Å². The SMILES string of the molecule is Nc1ncc(-c2c[nH]nc2C2CCNCC2)cc1-c1nc2c(Br)cccc2s1. The van der Waals surface area contributed by atoms with Crippen LogP contribution in [0.3, 0.4) is 0 Å². The summed E-state index contributed by atoms with van der Waals surface area (Å²) in [7, 11) is 0. The fraction of sp³-hybridized carbons (Fsp3) is 0.250. The molecule has 4 N–H and O–H groups in total. The third-order valence-electron chi connectivity index (χ3n) is 5.23. The number of nitrogens with zero attached hydrogens (tertiary/aromatic N) is 3. The summed E-state index contributed by atoms with van der Waals surface area (Å²) >= 11 is 5.20. The zero-order chi connectivity index (χ0) is 19.1. The molecule has 1 aliphatic heterocycles. The quantitative estimate of drug-likeness (QED) is 0.421. The Hall–Kier alpha value is -2.29. The second-order valence-corrected chi connectivity index (χ2v) is 8.86. The highest BCUT2D eigenvalue weighted by Gasteiger charge is 2.22. The molecule has 3 aromatic heterocycles. The molecule has 0 amide bonds. The number of halogens is 1. The van der Waals surface area contributed by atoms with Crippen molar-refractivity contribution in [3.63, 3.8) is 0 Å². The van der Waals surface area contributed by atoms with Gasteiger partial charge in [0.15, 0.2) is 0 Å². The molecule has 0 aliphatic carbocycles. The summed E-state index contributed by atoms with van der Waals surface area (Å²) in [5.41, 5.74) is 11.3. The van der Waals surface area contributed by atoms with Gasteiger partial charge in [-0.05, 0) is 60.1 Å². The van der Waals surface area contributed by atoms with Crippen LogP contribution in [0, 0.1) is 0 Å². The first-order valence-electron chi connectivity index (χ1n) is 9.26. The Morgan fingerprint density at radius 3 is 2.86 bits per heavy atom. The monoisotopic (exact) mass is 454 g/mol. The number of aromatic amines is 1. The van der Waals surface area contributed by atoms with Gasteiger partial charge in [-0.2, -0.15) is 5.10 Å². The minimum absolute atomic E-state index is 0.460. The van der Waals surface area contributed by atoms with Crippen LogP contribution in [-0.4, -0.2) is 33.3 Å². The van der Waals surface area contributed by atoms with Gasteiger partial charge in [-0.15, -0.1) is 11.3 Å². The number of benzene rings is 1. The molecule has 1 saturated heterocycles. The fourth-order valence-electron chi connectivity index (χ4n) is 3.76. The molecule has 6 nitrogen and oxygen atoms in total. The van der Waals surface area contributed by atoms with Gasteiger partial charge in [0, 0.05) is 33.9 Å². The average Bonchev–Trinajstić information content (AvgIpc) is 3.37. The van der Waals surface area contributed by atoms with Gasteiger partial charge in [0.05, 0.1) is 21.5 Å². The molecule has 0 unspecified atom stereocenters. The Morgan fingerprint density at radius 2 is 2.04 bits per heavy atom. The number of aromatic nitrogens is 4. The van der Waals surface area contributed by atoms with Crippen LogP contribution in [0.5, 0.6) is 0 Å². The lowest BCUT2D eigenvalue weighted by molar-refractivity contribution is 0.453. The van der Waals surface area contributed by atoms with Crippen LogP contribution < -0.4 is 11.1 Å². The van der Waals surface area contributed by atoms with Crippen LogP contribution in [0.4, 0.5) is 5.82 Å². The number of para-hydroxylation sites is 1. The minimum Gasteiger partial charge on any atom is -0.383 e. The first-order valence-corrected chi connectivity index (χ1v) is 10.9. The molecule has 0 saturated carbocycles. The number of nitrogens with two attached hydrogens (primary N) is 1. The molecule has 5 rings (SSSR count). The zero-order valence-corrected chi connectivity index (χ0v) is 17.5. The number of hydrogen-bond acceptors (Lipinski definition) is 6. The highest BCUT2D eigenvalue weighted by atomic mass is 79.9. The van der Waals surface area contributed by atoms with Crippen molar-refractivity contribution in [2.45, 2.75) is 18.8 Å². The number of anilines is 1. The molecule has 0 bridgehead atoms. The van der Waals surface area contributed by atoms with Crippen molar-refractivity contribution in [3.8, 4) is 21.7 Å². The van der Waals surface area contributed by atoms with Crippen molar-refractivity contribution in [2.75, 3.05) is 18.8 Å². The van der Waals surface area contributed by atoms with E-state index in [1.807, 2.05) is 24.5 Å². The molecule has 0 atom stereocenters. The summed E-state index contributed by atoms with van der Waals surface area (Å²) in [5.74, 6) is 0.952. The summed E-state index contributed by atoms with van der Waals surface area (Å²) in [5, 5.41) is 11.9. The molecule has 4 aromatic rings. The highest BCUT2D eigenvalue weighted by Crippen LogP contribution is 2.38. The van der Waals surface area contributed by atoms with E-state index in [1.54, 1.807) is 11.3 Å². The van der Waals surface area contributed by atoms with Gasteiger partial charge in [0.1, 0.15) is 10.8 Å². The number of pyridine rings is 1. The van der Waals surface area contributed by atoms with Crippen molar-refractivity contribution in [1.29, 1.82) is 0 Å². The van der Waals surface area contributed by atoms with E-state index in [-0.39, 0.29) is 0 Å². The summed E-state index contributed by atoms with van der Waals surface area (Å²) in [6, 6.07) is 8.17. The van der Waals surface area contributed by atoms with Crippen LogP contribution in [0.15, 0.2) is 41.1 Å². The van der Waals surface area contributed by atoms with Crippen LogP contribution in [0.1, 0.15) is 24.5 Å². The summed E-state index contributed by atoms with van der Waals surface area (Å²) in [4.78, 5) is 9.27. The Bertz CT molecular complexity index is 1140. The molecule has 0 spiro atoms. The predicted molar refractivity (Wildman–Crippen MR) is 117 cm³/mol. The van der Waals surface area contributed by atoms with Crippen molar-refractivity contribution in [2.24, 2.45) is 0 Å². The number of rotatable bonds is 3. The standard InChI is InChI=1S/C20H19BrN6S/c21-15-2-1-3-16-18(15)26-20(28-16)13-8-12(9-24-19(13)22)14-10-25-27-17(14)11-4-6-23-7-5-11/h1-3,8-11,23H,4-7H2,(H2,22,24)(H,25,27). The van der Waals surface area contributed by atoms with Gasteiger partial charge in [-0.25, -0.2) is 9.97 Å². The number of H-pyrrole nitrogens is 1. The molecule has 28 heavy (non-hydrogen) atoms. The van der Waals surface area contributed by atoms with Crippen molar-refractivity contribution in [1.82, 2.24) is 25.5 Å². The second kappa shape index (κ2) is 7.27. The van der Waals surface area contributed by atoms with E-state index in [0.717, 1.165) is 68.0 Å². The van der Waals surface area contributed by atoms with Crippen LogP contribution in [-0.2, 0) is 0 Å². The number of thiazole rings is 1. The lowest BCUT2D eigenvalue weighted by Gasteiger charge is -2.22. The van der Waals surface area contributed by atoms with E-state index >= 15 is 0 Å².